The Balaban J connectivity index is 2.76. The molecule has 1 aromatic heterocycles. The van der Waals surface area contributed by atoms with Gasteiger partial charge in [-0.15, -0.1) is 5.10 Å². The zero-order valence-electron chi connectivity index (χ0n) is 3.78. The van der Waals surface area contributed by atoms with Crippen molar-refractivity contribution >= 4 is 7.85 Å². The van der Waals surface area contributed by atoms with Gasteiger partial charge in [0.05, 0.1) is 14.0 Å². The summed E-state index contributed by atoms with van der Waals surface area (Å²) in [5, 5.41) is 7.10. The Hall–Kier alpha value is -0.795. The summed E-state index contributed by atoms with van der Waals surface area (Å²) >= 11 is 0. The molecule has 0 fully saturated rings. The quantitative estimate of drug-likeness (QED) is 0.434. The van der Waals surface area contributed by atoms with Gasteiger partial charge in [-0.3, -0.25) is 4.68 Å². The summed E-state index contributed by atoms with van der Waals surface area (Å²) in [7, 11) is 5.15. The minimum atomic E-state index is 0.403. The zero-order valence-corrected chi connectivity index (χ0v) is 3.78. The summed E-state index contributed by atoms with van der Waals surface area (Å²) < 4.78 is 1.54. The van der Waals surface area contributed by atoms with Crippen molar-refractivity contribution in [3.05, 3.63) is 12.4 Å². The molecule has 0 N–H and O–H groups in total. The molecule has 1 rings (SSSR count). The number of hydrogen-bond donors (Lipinski definition) is 0. The van der Waals surface area contributed by atoms with Crippen LogP contribution in [0.5, 0.6) is 0 Å². The van der Waals surface area contributed by atoms with Gasteiger partial charge in [0.25, 0.3) is 0 Å². The van der Waals surface area contributed by atoms with Crippen molar-refractivity contribution in [2.45, 2.75) is 6.44 Å². The number of rotatable bonds is 1. The molecule has 0 aliphatic carbocycles. The molecule has 0 aromatic carbocycles. The molecule has 0 unspecified atom stereocenters. The van der Waals surface area contributed by atoms with Crippen molar-refractivity contribution in [3.63, 3.8) is 0 Å². The fourth-order valence-electron chi connectivity index (χ4n) is 0.330. The van der Waals surface area contributed by atoms with E-state index in [0.29, 0.717) is 6.44 Å². The van der Waals surface area contributed by atoms with Gasteiger partial charge in [-0.2, -0.15) is 0 Å². The molecular formula is C3H4BN3. The highest BCUT2D eigenvalue weighted by molar-refractivity contribution is 6.06. The minimum Gasteiger partial charge on any atom is -0.262 e. The minimum absolute atomic E-state index is 0.403. The van der Waals surface area contributed by atoms with Gasteiger partial charge < -0.3 is 0 Å². The molecule has 1 aromatic rings. The molecule has 4 heteroatoms. The lowest BCUT2D eigenvalue weighted by atomic mass is 10.2. The maximum Gasteiger partial charge on any atom is 0.0973 e. The molecule has 0 atom stereocenters. The molecule has 0 saturated heterocycles. The lowest BCUT2D eigenvalue weighted by Crippen LogP contribution is -1.96. The third kappa shape index (κ3) is 0.794. The summed E-state index contributed by atoms with van der Waals surface area (Å²) in [6.45, 7) is 0. The molecule has 0 amide bonds. The number of nitrogens with zero attached hydrogens (tertiary/aromatic N) is 3. The summed E-state index contributed by atoms with van der Waals surface area (Å²) in [5.41, 5.74) is 0. The lowest BCUT2D eigenvalue weighted by Gasteiger charge is -1.85. The van der Waals surface area contributed by atoms with E-state index in [0.717, 1.165) is 0 Å². The van der Waals surface area contributed by atoms with Crippen LogP contribution >= 0.6 is 0 Å². The van der Waals surface area contributed by atoms with E-state index < -0.39 is 0 Å². The Kier molecular flexibility index (Phi) is 1.11. The highest BCUT2D eigenvalue weighted by atomic mass is 15.4. The summed E-state index contributed by atoms with van der Waals surface area (Å²) in [6.07, 6.45) is 3.70. The van der Waals surface area contributed by atoms with Gasteiger partial charge in [0.2, 0.25) is 0 Å². The van der Waals surface area contributed by atoms with Crippen LogP contribution in [0, 0.1) is 0 Å². The van der Waals surface area contributed by atoms with Crippen molar-refractivity contribution < 1.29 is 0 Å². The van der Waals surface area contributed by atoms with Crippen molar-refractivity contribution in [3.8, 4) is 0 Å². The van der Waals surface area contributed by atoms with Crippen LogP contribution in [-0.4, -0.2) is 22.8 Å². The Morgan fingerprint density at radius 3 is 2.86 bits per heavy atom. The van der Waals surface area contributed by atoms with E-state index in [-0.39, 0.29) is 0 Å². The Morgan fingerprint density at radius 1 is 1.71 bits per heavy atom. The van der Waals surface area contributed by atoms with E-state index in [4.69, 9.17) is 7.85 Å². The van der Waals surface area contributed by atoms with Crippen LogP contribution in [0.2, 0.25) is 0 Å². The monoisotopic (exact) mass is 93.0 g/mol. The van der Waals surface area contributed by atoms with E-state index in [2.05, 4.69) is 10.3 Å². The molecular weight excluding hydrogens is 88.9 g/mol. The second kappa shape index (κ2) is 1.77. The first-order valence-electron chi connectivity index (χ1n) is 1.97. The van der Waals surface area contributed by atoms with Crippen molar-refractivity contribution in [2.24, 2.45) is 0 Å². The molecule has 7 heavy (non-hydrogen) atoms. The molecule has 34 valence electrons. The first kappa shape index (κ1) is 4.37. The topological polar surface area (TPSA) is 30.7 Å². The Bertz CT molecular complexity index is 125. The van der Waals surface area contributed by atoms with Crippen LogP contribution in [0.1, 0.15) is 0 Å². The van der Waals surface area contributed by atoms with E-state index >= 15 is 0 Å². The number of hydrogen-bond acceptors (Lipinski definition) is 2. The highest BCUT2D eigenvalue weighted by Gasteiger charge is 1.78. The fraction of sp³-hybridized carbons (Fsp3) is 0.333. The summed E-state index contributed by atoms with van der Waals surface area (Å²) in [6, 6.07) is 0. The standard InChI is InChI=1S/C3H4BN3/c4-3-7-2-1-5-6-7/h1-2H,3H2. The molecule has 1 heterocycles. The van der Waals surface area contributed by atoms with E-state index in [1.54, 1.807) is 17.1 Å². The molecule has 0 saturated carbocycles. The maximum atomic E-state index is 5.15. The number of aromatic nitrogens is 3. The molecule has 0 bridgehead atoms. The molecule has 2 radical (unpaired) electrons. The first-order valence-corrected chi connectivity index (χ1v) is 1.97. The molecule has 3 nitrogen and oxygen atoms in total. The van der Waals surface area contributed by atoms with Gasteiger partial charge >= 0.3 is 0 Å². The van der Waals surface area contributed by atoms with Gasteiger partial charge in [0, 0.05) is 12.6 Å². The van der Waals surface area contributed by atoms with Crippen LogP contribution in [0.4, 0.5) is 0 Å². The summed E-state index contributed by atoms with van der Waals surface area (Å²) in [4.78, 5) is 0. The fourth-order valence-corrected chi connectivity index (χ4v) is 0.330. The second-order valence-corrected chi connectivity index (χ2v) is 1.13. The second-order valence-electron chi connectivity index (χ2n) is 1.13. The van der Waals surface area contributed by atoms with Crippen LogP contribution in [0.15, 0.2) is 12.4 Å². The van der Waals surface area contributed by atoms with Crippen molar-refractivity contribution in [1.29, 1.82) is 0 Å². The third-order valence-corrected chi connectivity index (χ3v) is 0.659. The van der Waals surface area contributed by atoms with E-state index in [1.165, 1.54) is 0 Å². The average Bonchev–Trinajstić information content (AvgIpc) is 2.14. The normalized spacial score (nSPS) is 9.14. The highest BCUT2D eigenvalue weighted by Crippen LogP contribution is 1.72. The lowest BCUT2D eigenvalue weighted by molar-refractivity contribution is 0.695. The van der Waals surface area contributed by atoms with Crippen LogP contribution in [0.3, 0.4) is 0 Å². The van der Waals surface area contributed by atoms with E-state index in [1.807, 2.05) is 0 Å². The van der Waals surface area contributed by atoms with E-state index in [9.17, 15) is 0 Å². The predicted octanol–water partition coefficient (Wildman–Crippen LogP) is -0.596. The van der Waals surface area contributed by atoms with Crippen molar-refractivity contribution in [2.75, 3.05) is 0 Å². The van der Waals surface area contributed by atoms with Gasteiger partial charge in [-0.1, -0.05) is 5.21 Å². The average molecular weight is 92.9 g/mol. The van der Waals surface area contributed by atoms with Crippen LogP contribution in [0.25, 0.3) is 0 Å². The van der Waals surface area contributed by atoms with Gasteiger partial charge in [-0.25, -0.2) is 0 Å². The Labute approximate surface area is 42.7 Å². The largest absolute Gasteiger partial charge is 0.262 e. The zero-order chi connectivity index (χ0) is 5.11. The molecule has 0 spiro atoms. The van der Waals surface area contributed by atoms with Crippen LogP contribution < -0.4 is 0 Å². The maximum absolute atomic E-state index is 5.15. The smallest absolute Gasteiger partial charge is 0.0973 e. The third-order valence-electron chi connectivity index (χ3n) is 0.659. The molecule has 0 aliphatic heterocycles. The van der Waals surface area contributed by atoms with Gasteiger partial charge in [0.1, 0.15) is 0 Å². The molecule has 0 aliphatic rings. The SMILES string of the molecule is [B]Cn1ccnn1. The first-order chi connectivity index (χ1) is 3.43. The van der Waals surface area contributed by atoms with Crippen molar-refractivity contribution in [1.82, 2.24) is 15.0 Å². The van der Waals surface area contributed by atoms with Gasteiger partial charge in [-0.05, 0) is 0 Å². The predicted molar refractivity (Wildman–Crippen MR) is 25.8 cm³/mol. The Morgan fingerprint density at radius 2 is 2.57 bits per heavy atom. The van der Waals surface area contributed by atoms with Crippen LogP contribution in [-0.2, 0) is 6.44 Å². The van der Waals surface area contributed by atoms with Gasteiger partial charge in [0.15, 0.2) is 0 Å². The summed E-state index contributed by atoms with van der Waals surface area (Å²) in [5.74, 6) is 0.